The van der Waals surface area contributed by atoms with Crippen LogP contribution in [0.15, 0.2) is 28.9 Å². The van der Waals surface area contributed by atoms with Crippen molar-refractivity contribution in [3.63, 3.8) is 0 Å². The predicted octanol–water partition coefficient (Wildman–Crippen LogP) is 3.21. The summed E-state index contributed by atoms with van der Waals surface area (Å²) in [7, 11) is 0. The molecule has 1 aromatic carbocycles. The van der Waals surface area contributed by atoms with Gasteiger partial charge in [0.15, 0.2) is 0 Å². The maximum absolute atomic E-state index is 5.56. The SMILES string of the molecule is Cc1cc(C)cc(-c2nc(CNC3CC3)co2)c1. The van der Waals surface area contributed by atoms with Crippen LogP contribution in [0.5, 0.6) is 0 Å². The van der Waals surface area contributed by atoms with Crippen LogP contribution in [0.3, 0.4) is 0 Å². The van der Waals surface area contributed by atoms with Crippen molar-refractivity contribution in [3.8, 4) is 11.5 Å². The molecule has 1 N–H and O–H groups in total. The van der Waals surface area contributed by atoms with Gasteiger partial charge < -0.3 is 9.73 Å². The Balaban J connectivity index is 1.78. The molecule has 3 nitrogen and oxygen atoms in total. The Hall–Kier alpha value is -1.61. The van der Waals surface area contributed by atoms with E-state index in [1.54, 1.807) is 6.26 Å². The van der Waals surface area contributed by atoms with Gasteiger partial charge >= 0.3 is 0 Å². The van der Waals surface area contributed by atoms with Crippen molar-refractivity contribution in [1.29, 1.82) is 0 Å². The molecular formula is C15H18N2O. The van der Waals surface area contributed by atoms with Gasteiger partial charge in [-0.3, -0.25) is 0 Å². The third-order valence-electron chi connectivity index (χ3n) is 3.17. The van der Waals surface area contributed by atoms with Gasteiger partial charge in [0.1, 0.15) is 6.26 Å². The van der Waals surface area contributed by atoms with Gasteiger partial charge in [0.2, 0.25) is 5.89 Å². The minimum atomic E-state index is 0.700. The van der Waals surface area contributed by atoms with E-state index in [0.29, 0.717) is 6.04 Å². The van der Waals surface area contributed by atoms with Crippen LogP contribution in [0.1, 0.15) is 29.7 Å². The first-order valence-corrected chi connectivity index (χ1v) is 6.47. The van der Waals surface area contributed by atoms with E-state index in [4.69, 9.17) is 4.42 Å². The number of aryl methyl sites for hydroxylation is 2. The first-order chi connectivity index (χ1) is 8.70. The minimum Gasteiger partial charge on any atom is -0.444 e. The average Bonchev–Trinajstić information content (AvgIpc) is 3.02. The van der Waals surface area contributed by atoms with E-state index in [-0.39, 0.29) is 0 Å². The molecule has 2 aromatic rings. The summed E-state index contributed by atoms with van der Waals surface area (Å²) >= 11 is 0. The zero-order chi connectivity index (χ0) is 12.5. The number of aromatic nitrogens is 1. The summed E-state index contributed by atoms with van der Waals surface area (Å²) in [6.07, 6.45) is 4.34. The smallest absolute Gasteiger partial charge is 0.226 e. The highest BCUT2D eigenvalue weighted by Gasteiger charge is 2.20. The lowest BCUT2D eigenvalue weighted by molar-refractivity contribution is 0.570. The molecular weight excluding hydrogens is 224 g/mol. The number of hydrogen-bond acceptors (Lipinski definition) is 3. The first kappa shape index (κ1) is 11.5. The molecule has 1 fully saturated rings. The van der Waals surface area contributed by atoms with Crippen LogP contribution < -0.4 is 5.32 Å². The largest absolute Gasteiger partial charge is 0.444 e. The molecule has 0 radical (unpaired) electrons. The fourth-order valence-corrected chi connectivity index (χ4v) is 2.16. The normalized spacial score (nSPS) is 15.0. The third kappa shape index (κ3) is 2.62. The maximum Gasteiger partial charge on any atom is 0.226 e. The maximum atomic E-state index is 5.56. The predicted molar refractivity (Wildman–Crippen MR) is 71.3 cm³/mol. The Morgan fingerprint density at radius 2 is 1.94 bits per heavy atom. The number of oxazole rings is 1. The average molecular weight is 242 g/mol. The van der Waals surface area contributed by atoms with Crippen LogP contribution in [0.4, 0.5) is 0 Å². The highest BCUT2D eigenvalue weighted by molar-refractivity contribution is 5.56. The Kier molecular flexibility index (Phi) is 2.92. The lowest BCUT2D eigenvalue weighted by Gasteiger charge is -2.00. The molecule has 0 saturated heterocycles. The summed E-state index contributed by atoms with van der Waals surface area (Å²) in [6.45, 7) is 4.99. The molecule has 3 rings (SSSR count). The number of nitrogens with one attached hydrogen (secondary N) is 1. The summed E-state index contributed by atoms with van der Waals surface area (Å²) in [5.74, 6) is 0.717. The summed E-state index contributed by atoms with van der Waals surface area (Å²) in [6, 6.07) is 7.07. The molecule has 1 heterocycles. The lowest BCUT2D eigenvalue weighted by atomic mass is 10.1. The molecule has 0 spiro atoms. The highest BCUT2D eigenvalue weighted by atomic mass is 16.3. The Bertz CT molecular complexity index is 535. The quantitative estimate of drug-likeness (QED) is 0.894. The van der Waals surface area contributed by atoms with Gasteiger partial charge in [0.25, 0.3) is 0 Å². The zero-order valence-corrected chi connectivity index (χ0v) is 10.9. The molecule has 18 heavy (non-hydrogen) atoms. The molecule has 0 unspecified atom stereocenters. The van der Waals surface area contributed by atoms with Crippen molar-refractivity contribution >= 4 is 0 Å². The second-order valence-electron chi connectivity index (χ2n) is 5.18. The molecule has 0 bridgehead atoms. The fourth-order valence-electron chi connectivity index (χ4n) is 2.16. The van der Waals surface area contributed by atoms with E-state index >= 15 is 0 Å². The molecule has 0 aliphatic heterocycles. The number of hydrogen-bond donors (Lipinski definition) is 1. The molecule has 3 heteroatoms. The van der Waals surface area contributed by atoms with E-state index in [9.17, 15) is 0 Å². The van der Waals surface area contributed by atoms with Crippen LogP contribution in [0.2, 0.25) is 0 Å². The monoisotopic (exact) mass is 242 g/mol. The molecule has 1 aromatic heterocycles. The minimum absolute atomic E-state index is 0.700. The standard InChI is InChI=1S/C15H18N2O/c1-10-5-11(2)7-12(6-10)15-17-14(9-18-15)8-16-13-3-4-13/h5-7,9,13,16H,3-4,8H2,1-2H3. The molecule has 1 aliphatic carbocycles. The second-order valence-corrected chi connectivity index (χ2v) is 5.18. The van der Waals surface area contributed by atoms with Gasteiger partial charge in [-0.25, -0.2) is 4.98 Å². The molecule has 0 amide bonds. The number of benzene rings is 1. The van der Waals surface area contributed by atoms with Crippen LogP contribution >= 0.6 is 0 Å². The van der Waals surface area contributed by atoms with E-state index in [1.807, 2.05) is 0 Å². The molecule has 0 atom stereocenters. The summed E-state index contributed by atoms with van der Waals surface area (Å²) in [5, 5.41) is 3.44. The van der Waals surface area contributed by atoms with Crippen molar-refractivity contribution in [2.45, 2.75) is 39.3 Å². The van der Waals surface area contributed by atoms with Gasteiger partial charge in [-0.2, -0.15) is 0 Å². The van der Waals surface area contributed by atoms with E-state index in [1.165, 1.54) is 24.0 Å². The van der Waals surface area contributed by atoms with Gasteiger partial charge in [0, 0.05) is 18.2 Å². The van der Waals surface area contributed by atoms with Crippen LogP contribution in [-0.4, -0.2) is 11.0 Å². The molecule has 1 aliphatic rings. The second kappa shape index (κ2) is 4.58. The van der Waals surface area contributed by atoms with E-state index < -0.39 is 0 Å². The van der Waals surface area contributed by atoms with E-state index in [0.717, 1.165) is 23.7 Å². The van der Waals surface area contributed by atoms with Crippen molar-refractivity contribution < 1.29 is 4.42 Å². The summed E-state index contributed by atoms with van der Waals surface area (Å²) in [5.41, 5.74) is 4.52. The highest BCUT2D eigenvalue weighted by Crippen LogP contribution is 2.23. The Labute approximate surface area is 107 Å². The van der Waals surface area contributed by atoms with Gasteiger partial charge in [0.05, 0.1) is 5.69 Å². The van der Waals surface area contributed by atoms with E-state index in [2.05, 4.69) is 42.3 Å². The fraction of sp³-hybridized carbons (Fsp3) is 0.400. The van der Waals surface area contributed by atoms with Crippen molar-refractivity contribution in [2.75, 3.05) is 0 Å². The Morgan fingerprint density at radius 3 is 2.61 bits per heavy atom. The zero-order valence-electron chi connectivity index (χ0n) is 10.9. The molecule has 94 valence electrons. The summed E-state index contributed by atoms with van der Waals surface area (Å²) in [4.78, 5) is 4.53. The Morgan fingerprint density at radius 1 is 1.22 bits per heavy atom. The molecule has 1 saturated carbocycles. The lowest BCUT2D eigenvalue weighted by Crippen LogP contribution is -2.15. The van der Waals surface area contributed by atoms with Gasteiger partial charge in [-0.1, -0.05) is 17.2 Å². The third-order valence-corrected chi connectivity index (χ3v) is 3.17. The van der Waals surface area contributed by atoms with Gasteiger partial charge in [-0.05, 0) is 38.8 Å². The first-order valence-electron chi connectivity index (χ1n) is 6.47. The summed E-state index contributed by atoms with van der Waals surface area (Å²) < 4.78 is 5.56. The number of nitrogens with zero attached hydrogens (tertiary/aromatic N) is 1. The van der Waals surface area contributed by atoms with Crippen LogP contribution in [-0.2, 0) is 6.54 Å². The van der Waals surface area contributed by atoms with Crippen molar-refractivity contribution in [3.05, 3.63) is 41.3 Å². The van der Waals surface area contributed by atoms with Crippen molar-refractivity contribution in [1.82, 2.24) is 10.3 Å². The van der Waals surface area contributed by atoms with Crippen LogP contribution in [0.25, 0.3) is 11.5 Å². The topological polar surface area (TPSA) is 38.1 Å². The van der Waals surface area contributed by atoms with Gasteiger partial charge in [-0.15, -0.1) is 0 Å². The van der Waals surface area contributed by atoms with Crippen molar-refractivity contribution in [2.24, 2.45) is 0 Å². The number of rotatable bonds is 4. The van der Waals surface area contributed by atoms with Crippen LogP contribution in [0, 0.1) is 13.8 Å².